The van der Waals surface area contributed by atoms with Gasteiger partial charge in [0.1, 0.15) is 0 Å². The van der Waals surface area contributed by atoms with Crippen LogP contribution >= 0.6 is 11.8 Å². The van der Waals surface area contributed by atoms with Gasteiger partial charge in [0.15, 0.2) is 0 Å². The van der Waals surface area contributed by atoms with E-state index in [9.17, 15) is 9.59 Å². The predicted molar refractivity (Wildman–Crippen MR) is 87.8 cm³/mol. The van der Waals surface area contributed by atoms with Crippen molar-refractivity contribution < 1.29 is 4.79 Å². The molecule has 2 N–H and O–H groups in total. The fourth-order valence-electron chi connectivity index (χ4n) is 2.00. The van der Waals surface area contributed by atoms with E-state index >= 15 is 0 Å². The van der Waals surface area contributed by atoms with E-state index in [4.69, 9.17) is 0 Å². The van der Waals surface area contributed by atoms with Crippen molar-refractivity contribution in [3.05, 3.63) is 58.5 Å². The van der Waals surface area contributed by atoms with Crippen LogP contribution in [0.3, 0.4) is 0 Å². The van der Waals surface area contributed by atoms with Crippen LogP contribution in [0.15, 0.2) is 47.4 Å². The number of nitrogens with one attached hydrogen (secondary N) is 2. The van der Waals surface area contributed by atoms with Crippen molar-refractivity contribution in [3.8, 4) is 11.1 Å². The third-order valence-electron chi connectivity index (χ3n) is 3.06. The van der Waals surface area contributed by atoms with Gasteiger partial charge in [0, 0.05) is 23.9 Å². The minimum absolute atomic E-state index is 0.106. The summed E-state index contributed by atoms with van der Waals surface area (Å²) < 4.78 is 0. The largest absolute Gasteiger partial charge is 0.352 e. The molecule has 1 aromatic carbocycles. The molecule has 1 heterocycles. The number of carbonyl (C=O) groups excluding carboxylic acids is 1. The molecule has 0 saturated heterocycles. The Bertz CT molecular complexity index is 667. The maximum Gasteiger partial charge on any atom is 0.255 e. The van der Waals surface area contributed by atoms with Gasteiger partial charge in [0.2, 0.25) is 0 Å². The second kappa shape index (κ2) is 7.69. The zero-order valence-corrected chi connectivity index (χ0v) is 12.7. The molecule has 0 aliphatic carbocycles. The van der Waals surface area contributed by atoms with Gasteiger partial charge < -0.3 is 10.3 Å². The molecule has 2 aromatic rings. The topological polar surface area (TPSA) is 62.0 Å². The summed E-state index contributed by atoms with van der Waals surface area (Å²) in [6, 6.07) is 10.6. The van der Waals surface area contributed by atoms with E-state index in [1.807, 2.05) is 12.3 Å². The number of amides is 1. The summed E-state index contributed by atoms with van der Waals surface area (Å²) in [4.78, 5) is 26.5. The molecule has 5 heteroatoms. The van der Waals surface area contributed by atoms with Crippen LogP contribution in [0.4, 0.5) is 0 Å². The summed E-state index contributed by atoms with van der Waals surface area (Å²) >= 11 is 1.76. The van der Waals surface area contributed by atoms with Gasteiger partial charge in [-0.1, -0.05) is 12.1 Å². The zero-order chi connectivity index (χ0) is 15.1. The van der Waals surface area contributed by atoms with Crippen molar-refractivity contribution in [2.24, 2.45) is 0 Å². The van der Waals surface area contributed by atoms with Crippen molar-refractivity contribution in [1.82, 2.24) is 10.3 Å². The lowest BCUT2D eigenvalue weighted by Crippen LogP contribution is -2.24. The van der Waals surface area contributed by atoms with Gasteiger partial charge in [0.05, 0.1) is 0 Å². The minimum Gasteiger partial charge on any atom is -0.352 e. The molecule has 1 aromatic heterocycles. The number of carbonyl (C=O) groups is 1. The fraction of sp³-hybridized carbons (Fsp3) is 0.250. The quantitative estimate of drug-likeness (QED) is 0.806. The van der Waals surface area contributed by atoms with Gasteiger partial charge in [-0.3, -0.25) is 9.59 Å². The number of hydrogen-bond acceptors (Lipinski definition) is 3. The highest BCUT2D eigenvalue weighted by Gasteiger charge is 2.08. The Balaban J connectivity index is 2.13. The molecule has 0 radical (unpaired) electrons. The number of pyridine rings is 1. The van der Waals surface area contributed by atoms with Crippen molar-refractivity contribution in [3.63, 3.8) is 0 Å². The van der Waals surface area contributed by atoms with Crippen molar-refractivity contribution in [2.45, 2.75) is 6.42 Å². The lowest BCUT2D eigenvalue weighted by Gasteiger charge is -2.06. The molecule has 21 heavy (non-hydrogen) atoms. The van der Waals surface area contributed by atoms with E-state index in [0.29, 0.717) is 17.7 Å². The molecular formula is C16H18N2O2S. The molecule has 0 saturated carbocycles. The number of benzene rings is 1. The third kappa shape index (κ3) is 4.23. The van der Waals surface area contributed by atoms with Crippen LogP contribution in [0.25, 0.3) is 11.1 Å². The Kier molecular flexibility index (Phi) is 5.63. The van der Waals surface area contributed by atoms with Crippen LogP contribution in [0.2, 0.25) is 0 Å². The number of thioether (sulfide) groups is 1. The second-order valence-corrected chi connectivity index (χ2v) is 5.58. The lowest BCUT2D eigenvalue weighted by molar-refractivity contribution is 0.0954. The van der Waals surface area contributed by atoms with Crippen LogP contribution in [0.5, 0.6) is 0 Å². The second-order valence-electron chi connectivity index (χ2n) is 4.60. The normalized spacial score (nSPS) is 10.3. The van der Waals surface area contributed by atoms with E-state index in [-0.39, 0.29) is 11.5 Å². The first-order valence-corrected chi connectivity index (χ1v) is 8.17. The monoisotopic (exact) mass is 302 g/mol. The summed E-state index contributed by atoms with van der Waals surface area (Å²) in [5, 5.41) is 2.89. The molecule has 2 rings (SSSR count). The standard InChI is InChI=1S/C16H18N2O2S/c1-21-10-4-9-17-15(19)13-6-2-5-12(11-13)14-7-3-8-18-16(14)20/h2-3,5-8,11H,4,9-10H2,1H3,(H,17,19)(H,18,20). The number of hydrogen-bond donors (Lipinski definition) is 2. The number of rotatable bonds is 6. The lowest BCUT2D eigenvalue weighted by atomic mass is 10.0. The Morgan fingerprint density at radius 2 is 2.14 bits per heavy atom. The van der Waals surface area contributed by atoms with E-state index in [1.165, 1.54) is 0 Å². The minimum atomic E-state index is -0.157. The molecule has 0 aliphatic heterocycles. The highest BCUT2D eigenvalue weighted by atomic mass is 32.2. The first kappa shape index (κ1) is 15.4. The molecule has 110 valence electrons. The summed E-state index contributed by atoms with van der Waals surface area (Å²) in [6.45, 7) is 0.663. The number of aromatic amines is 1. The summed E-state index contributed by atoms with van der Waals surface area (Å²) in [7, 11) is 0. The van der Waals surface area contributed by atoms with Gasteiger partial charge in [-0.05, 0) is 48.3 Å². The molecule has 0 aliphatic rings. The van der Waals surface area contributed by atoms with Crippen LogP contribution in [0.1, 0.15) is 16.8 Å². The van der Waals surface area contributed by atoms with E-state index in [1.54, 1.807) is 48.3 Å². The van der Waals surface area contributed by atoms with Gasteiger partial charge in [-0.2, -0.15) is 11.8 Å². The fourth-order valence-corrected chi connectivity index (χ4v) is 2.43. The van der Waals surface area contributed by atoms with E-state index in [0.717, 1.165) is 17.7 Å². The summed E-state index contributed by atoms with van der Waals surface area (Å²) in [5.41, 5.74) is 1.72. The Morgan fingerprint density at radius 1 is 1.29 bits per heavy atom. The Morgan fingerprint density at radius 3 is 2.90 bits per heavy atom. The Hall–Kier alpha value is -2.01. The Labute approximate surface area is 128 Å². The molecule has 4 nitrogen and oxygen atoms in total. The first-order valence-electron chi connectivity index (χ1n) is 6.77. The average molecular weight is 302 g/mol. The van der Waals surface area contributed by atoms with Crippen molar-refractivity contribution >= 4 is 17.7 Å². The maximum atomic E-state index is 12.1. The van der Waals surface area contributed by atoms with Crippen LogP contribution < -0.4 is 10.9 Å². The highest BCUT2D eigenvalue weighted by molar-refractivity contribution is 7.98. The van der Waals surface area contributed by atoms with Crippen LogP contribution in [0, 0.1) is 0 Å². The zero-order valence-electron chi connectivity index (χ0n) is 11.9. The van der Waals surface area contributed by atoms with Crippen molar-refractivity contribution in [1.29, 1.82) is 0 Å². The molecular weight excluding hydrogens is 284 g/mol. The first-order chi connectivity index (χ1) is 10.2. The SMILES string of the molecule is CSCCCNC(=O)c1cccc(-c2ccc[nH]c2=O)c1. The number of H-pyrrole nitrogens is 1. The van der Waals surface area contributed by atoms with Crippen LogP contribution in [-0.2, 0) is 0 Å². The molecule has 0 fully saturated rings. The molecule has 0 unspecified atom stereocenters. The smallest absolute Gasteiger partial charge is 0.255 e. The molecule has 0 spiro atoms. The molecule has 0 bridgehead atoms. The van der Waals surface area contributed by atoms with Crippen molar-refractivity contribution in [2.75, 3.05) is 18.6 Å². The molecule has 1 amide bonds. The number of aromatic nitrogens is 1. The third-order valence-corrected chi connectivity index (χ3v) is 3.76. The van der Waals surface area contributed by atoms with Gasteiger partial charge >= 0.3 is 0 Å². The van der Waals surface area contributed by atoms with E-state index in [2.05, 4.69) is 10.3 Å². The van der Waals surface area contributed by atoms with E-state index < -0.39 is 0 Å². The summed E-state index contributed by atoms with van der Waals surface area (Å²) in [5.74, 6) is 0.921. The maximum absolute atomic E-state index is 12.1. The van der Waals surface area contributed by atoms with Gasteiger partial charge in [0.25, 0.3) is 11.5 Å². The highest BCUT2D eigenvalue weighted by Crippen LogP contribution is 2.16. The van der Waals surface area contributed by atoms with Gasteiger partial charge in [-0.15, -0.1) is 0 Å². The molecule has 0 atom stereocenters. The van der Waals surface area contributed by atoms with Gasteiger partial charge in [-0.25, -0.2) is 0 Å². The predicted octanol–water partition coefficient (Wildman–Crippen LogP) is 2.52. The average Bonchev–Trinajstić information content (AvgIpc) is 2.52. The summed E-state index contributed by atoms with van der Waals surface area (Å²) in [6.07, 6.45) is 4.59. The van der Waals surface area contributed by atoms with Crippen LogP contribution in [-0.4, -0.2) is 29.4 Å².